The molecule has 1 saturated heterocycles. The lowest BCUT2D eigenvalue weighted by Crippen LogP contribution is -2.38. The highest BCUT2D eigenvalue weighted by Gasteiger charge is 2.29. The van der Waals surface area contributed by atoms with Gasteiger partial charge in [0.15, 0.2) is 0 Å². The number of aliphatic hydroxyl groups is 1. The van der Waals surface area contributed by atoms with Gasteiger partial charge in [-0.15, -0.1) is 0 Å². The number of aromatic nitrogens is 1. The molecule has 1 aliphatic heterocycles. The second-order valence-electron chi connectivity index (χ2n) is 7.80. The molecule has 0 amide bonds. The van der Waals surface area contributed by atoms with Crippen molar-refractivity contribution in [3.05, 3.63) is 65.0 Å². The Bertz CT molecular complexity index is 721. The second kappa shape index (κ2) is 7.27. The predicted molar refractivity (Wildman–Crippen MR) is 101 cm³/mol. The summed E-state index contributed by atoms with van der Waals surface area (Å²) in [5.74, 6) is 1.25. The quantitative estimate of drug-likeness (QED) is 0.924. The average molecular weight is 336 g/mol. The van der Waals surface area contributed by atoms with Crippen LogP contribution < -0.4 is 0 Å². The molecule has 0 unspecified atom stereocenters. The molecule has 132 valence electrons. The van der Waals surface area contributed by atoms with E-state index in [0.29, 0.717) is 11.8 Å². The maximum absolute atomic E-state index is 10.4. The number of rotatable bonds is 3. The van der Waals surface area contributed by atoms with Crippen LogP contribution in [0.4, 0.5) is 0 Å². The van der Waals surface area contributed by atoms with E-state index in [0.717, 1.165) is 25.1 Å². The van der Waals surface area contributed by atoms with Gasteiger partial charge in [0.2, 0.25) is 0 Å². The topological polar surface area (TPSA) is 36.4 Å². The van der Waals surface area contributed by atoms with Crippen molar-refractivity contribution in [1.29, 1.82) is 0 Å². The molecular weight excluding hydrogens is 308 g/mol. The van der Waals surface area contributed by atoms with E-state index >= 15 is 0 Å². The smallest absolute Gasteiger partial charge is 0.0965 e. The molecule has 25 heavy (non-hydrogen) atoms. The number of aliphatic hydroxyl groups excluding tert-OH is 1. The van der Waals surface area contributed by atoms with Crippen molar-refractivity contribution in [2.24, 2.45) is 5.92 Å². The summed E-state index contributed by atoms with van der Waals surface area (Å²) in [5.41, 5.74) is 5.11. The lowest BCUT2D eigenvalue weighted by atomic mass is 9.83. The number of nitrogens with zero attached hydrogens (tertiary/aromatic N) is 2. The molecule has 2 aromatic rings. The maximum atomic E-state index is 10.4. The SMILES string of the molecule is Cc1ccccc1C1CCN(C[C@@H]2Cc3cccnc3[C@@H](O)C2)CC1. The largest absolute Gasteiger partial charge is 0.387 e. The Morgan fingerprint density at radius 2 is 1.92 bits per heavy atom. The van der Waals surface area contributed by atoms with Crippen molar-refractivity contribution >= 4 is 0 Å². The van der Waals surface area contributed by atoms with Crippen LogP contribution in [0.15, 0.2) is 42.6 Å². The summed E-state index contributed by atoms with van der Waals surface area (Å²) >= 11 is 0. The molecule has 0 saturated carbocycles. The zero-order chi connectivity index (χ0) is 17.2. The molecule has 2 atom stereocenters. The first kappa shape index (κ1) is 16.7. The third-order valence-corrected chi connectivity index (χ3v) is 6.04. The summed E-state index contributed by atoms with van der Waals surface area (Å²) < 4.78 is 0. The lowest BCUT2D eigenvalue weighted by molar-refractivity contribution is 0.101. The fourth-order valence-corrected chi connectivity index (χ4v) is 4.72. The molecule has 0 spiro atoms. The number of aryl methyl sites for hydroxylation is 1. The molecule has 3 heteroatoms. The minimum atomic E-state index is -0.389. The van der Waals surface area contributed by atoms with Gasteiger partial charge in [0.1, 0.15) is 0 Å². The van der Waals surface area contributed by atoms with E-state index in [-0.39, 0.29) is 6.10 Å². The lowest BCUT2D eigenvalue weighted by Gasteiger charge is -2.37. The molecule has 1 fully saturated rings. The van der Waals surface area contributed by atoms with E-state index in [1.54, 1.807) is 6.20 Å². The molecule has 2 aliphatic rings. The van der Waals surface area contributed by atoms with E-state index in [9.17, 15) is 5.11 Å². The number of hydrogen-bond donors (Lipinski definition) is 1. The Morgan fingerprint density at radius 3 is 2.72 bits per heavy atom. The number of pyridine rings is 1. The van der Waals surface area contributed by atoms with Gasteiger partial charge in [0, 0.05) is 12.7 Å². The summed E-state index contributed by atoms with van der Waals surface area (Å²) in [4.78, 5) is 6.97. The minimum Gasteiger partial charge on any atom is -0.387 e. The van der Waals surface area contributed by atoms with Gasteiger partial charge in [-0.2, -0.15) is 0 Å². The zero-order valence-electron chi connectivity index (χ0n) is 15.1. The maximum Gasteiger partial charge on any atom is 0.0965 e. The third kappa shape index (κ3) is 3.63. The van der Waals surface area contributed by atoms with Crippen molar-refractivity contribution in [3.63, 3.8) is 0 Å². The van der Waals surface area contributed by atoms with Crippen LogP contribution in [-0.4, -0.2) is 34.6 Å². The highest BCUT2D eigenvalue weighted by molar-refractivity contribution is 5.29. The molecule has 2 heterocycles. The Hall–Kier alpha value is -1.71. The zero-order valence-corrected chi connectivity index (χ0v) is 15.1. The fourth-order valence-electron chi connectivity index (χ4n) is 4.72. The molecule has 1 N–H and O–H groups in total. The average Bonchev–Trinajstić information content (AvgIpc) is 2.63. The Labute approximate surface area is 150 Å². The third-order valence-electron chi connectivity index (χ3n) is 6.04. The summed E-state index contributed by atoms with van der Waals surface area (Å²) in [6.45, 7) is 5.68. The van der Waals surface area contributed by atoms with Crippen LogP contribution in [0, 0.1) is 12.8 Å². The number of benzene rings is 1. The Kier molecular flexibility index (Phi) is 4.87. The second-order valence-corrected chi connectivity index (χ2v) is 7.80. The van der Waals surface area contributed by atoms with E-state index < -0.39 is 0 Å². The van der Waals surface area contributed by atoms with Gasteiger partial charge < -0.3 is 10.0 Å². The van der Waals surface area contributed by atoms with Crippen molar-refractivity contribution in [1.82, 2.24) is 9.88 Å². The highest BCUT2D eigenvalue weighted by atomic mass is 16.3. The van der Waals surface area contributed by atoms with Gasteiger partial charge in [0.25, 0.3) is 0 Å². The molecule has 1 aliphatic carbocycles. The van der Waals surface area contributed by atoms with Gasteiger partial charge in [-0.3, -0.25) is 4.98 Å². The molecule has 0 bridgehead atoms. The van der Waals surface area contributed by atoms with Gasteiger partial charge in [0.05, 0.1) is 11.8 Å². The summed E-state index contributed by atoms with van der Waals surface area (Å²) in [5, 5.41) is 10.4. The van der Waals surface area contributed by atoms with Crippen molar-refractivity contribution < 1.29 is 5.11 Å². The molecule has 4 rings (SSSR count). The van der Waals surface area contributed by atoms with Crippen LogP contribution in [0.3, 0.4) is 0 Å². The minimum absolute atomic E-state index is 0.389. The van der Waals surface area contributed by atoms with Crippen LogP contribution >= 0.6 is 0 Å². The summed E-state index contributed by atoms with van der Waals surface area (Å²) in [6.07, 6.45) is 5.80. The Morgan fingerprint density at radius 1 is 1.12 bits per heavy atom. The van der Waals surface area contributed by atoms with Gasteiger partial charge >= 0.3 is 0 Å². The first-order valence-electron chi connectivity index (χ1n) is 9.60. The number of fused-ring (bicyclic) bond motifs is 1. The normalized spacial score (nSPS) is 24.9. The van der Waals surface area contributed by atoms with E-state index in [2.05, 4.69) is 47.1 Å². The van der Waals surface area contributed by atoms with Crippen molar-refractivity contribution in [2.75, 3.05) is 19.6 Å². The first-order chi connectivity index (χ1) is 12.2. The van der Waals surface area contributed by atoms with E-state index in [1.165, 1.54) is 42.6 Å². The fraction of sp³-hybridized carbons (Fsp3) is 0.500. The van der Waals surface area contributed by atoms with Crippen LogP contribution in [-0.2, 0) is 6.42 Å². The van der Waals surface area contributed by atoms with Gasteiger partial charge in [-0.05, 0) is 80.3 Å². The first-order valence-corrected chi connectivity index (χ1v) is 9.60. The highest BCUT2D eigenvalue weighted by Crippen LogP contribution is 2.34. The van der Waals surface area contributed by atoms with Gasteiger partial charge in [-0.1, -0.05) is 30.3 Å². The van der Waals surface area contributed by atoms with Crippen molar-refractivity contribution in [3.8, 4) is 0 Å². The molecule has 1 aromatic carbocycles. The van der Waals surface area contributed by atoms with Crippen molar-refractivity contribution in [2.45, 2.75) is 44.6 Å². The van der Waals surface area contributed by atoms with Crippen LogP contribution in [0.2, 0.25) is 0 Å². The van der Waals surface area contributed by atoms with Gasteiger partial charge in [-0.25, -0.2) is 0 Å². The predicted octanol–water partition coefficient (Wildman–Crippen LogP) is 3.87. The van der Waals surface area contributed by atoms with E-state index in [4.69, 9.17) is 0 Å². The monoisotopic (exact) mass is 336 g/mol. The van der Waals surface area contributed by atoms with E-state index in [1.807, 2.05) is 6.07 Å². The van der Waals surface area contributed by atoms with Crippen LogP contribution in [0.1, 0.15) is 53.7 Å². The Balaban J connectivity index is 1.34. The number of likely N-dealkylation sites (tertiary alicyclic amines) is 1. The number of hydrogen-bond acceptors (Lipinski definition) is 3. The summed E-state index contributed by atoms with van der Waals surface area (Å²) in [7, 11) is 0. The number of piperidine rings is 1. The molecule has 0 radical (unpaired) electrons. The standard InChI is InChI=1S/C22H28N2O/c1-16-5-2-3-7-20(16)18-8-11-24(12-9-18)15-17-13-19-6-4-10-23-22(19)21(25)14-17/h2-7,10,17-18,21,25H,8-9,11-15H2,1H3/t17-,21+/m1/s1. The van der Waals surface area contributed by atoms with Crippen LogP contribution in [0.5, 0.6) is 0 Å². The van der Waals surface area contributed by atoms with Crippen LogP contribution in [0.25, 0.3) is 0 Å². The summed E-state index contributed by atoms with van der Waals surface area (Å²) in [6, 6.07) is 13.0. The molecule has 1 aromatic heterocycles. The molecule has 3 nitrogen and oxygen atoms in total. The molecular formula is C22H28N2O.